The topological polar surface area (TPSA) is 46.9 Å². The number of nitrogens with zero attached hydrogens (tertiary/aromatic N) is 2. The maximum Gasteiger partial charge on any atom is 0.267 e. The molecule has 0 aromatic carbocycles. The summed E-state index contributed by atoms with van der Waals surface area (Å²) in [4.78, 5) is 15.9. The highest BCUT2D eigenvalue weighted by molar-refractivity contribution is 7.09. The minimum atomic E-state index is -0.0379. The highest BCUT2D eigenvalue weighted by Crippen LogP contribution is 2.04. The van der Waals surface area contributed by atoms with Crippen LogP contribution in [0.2, 0.25) is 0 Å². The van der Waals surface area contributed by atoms with Crippen LogP contribution in [0.25, 0.3) is 0 Å². The Kier molecular flexibility index (Phi) is 3.36. The molecule has 0 saturated carbocycles. The molecular formula is C11H13N3OS. The van der Waals surface area contributed by atoms with Crippen molar-refractivity contribution in [2.75, 3.05) is 6.54 Å². The minimum absolute atomic E-state index is 0.0379. The lowest BCUT2D eigenvalue weighted by molar-refractivity contribution is 0.0946. The van der Waals surface area contributed by atoms with Gasteiger partial charge in [0.25, 0.3) is 5.91 Å². The molecule has 0 unspecified atom stereocenters. The monoisotopic (exact) mass is 235 g/mol. The van der Waals surface area contributed by atoms with Crippen LogP contribution in [0.15, 0.2) is 29.9 Å². The Morgan fingerprint density at radius 2 is 2.50 bits per heavy atom. The summed E-state index contributed by atoms with van der Waals surface area (Å²) in [7, 11) is 1.86. The van der Waals surface area contributed by atoms with E-state index in [0.29, 0.717) is 12.2 Å². The zero-order chi connectivity index (χ0) is 11.4. The first-order valence-corrected chi connectivity index (χ1v) is 5.93. The number of aryl methyl sites for hydroxylation is 1. The fourth-order valence-corrected chi connectivity index (χ4v) is 2.07. The number of rotatable bonds is 4. The van der Waals surface area contributed by atoms with Crippen LogP contribution < -0.4 is 5.32 Å². The summed E-state index contributed by atoms with van der Waals surface area (Å²) in [5.41, 5.74) is 0.680. The summed E-state index contributed by atoms with van der Waals surface area (Å²) in [6.07, 6.45) is 4.42. The largest absolute Gasteiger partial charge is 0.350 e. The van der Waals surface area contributed by atoms with Crippen molar-refractivity contribution in [1.29, 1.82) is 0 Å². The Bertz CT molecular complexity index is 461. The highest BCUT2D eigenvalue weighted by atomic mass is 32.1. The van der Waals surface area contributed by atoms with Crippen molar-refractivity contribution in [2.45, 2.75) is 6.42 Å². The number of nitrogens with one attached hydrogen (secondary N) is 1. The van der Waals surface area contributed by atoms with Gasteiger partial charge in [-0.1, -0.05) is 0 Å². The van der Waals surface area contributed by atoms with Crippen LogP contribution in [-0.4, -0.2) is 22.0 Å². The lowest BCUT2D eigenvalue weighted by atomic mass is 10.3. The van der Waals surface area contributed by atoms with Crippen molar-refractivity contribution >= 4 is 17.2 Å². The fourth-order valence-electron chi connectivity index (χ4n) is 1.45. The van der Waals surface area contributed by atoms with Crippen molar-refractivity contribution in [3.8, 4) is 0 Å². The molecule has 0 aliphatic carbocycles. The van der Waals surface area contributed by atoms with Gasteiger partial charge in [0.2, 0.25) is 0 Å². The maximum absolute atomic E-state index is 11.7. The van der Waals surface area contributed by atoms with Gasteiger partial charge < -0.3 is 9.88 Å². The Hall–Kier alpha value is -1.62. The number of thiazole rings is 1. The molecule has 2 rings (SSSR count). The van der Waals surface area contributed by atoms with Gasteiger partial charge in [-0.05, 0) is 12.1 Å². The summed E-state index contributed by atoms with van der Waals surface area (Å²) in [6.45, 7) is 0.623. The molecule has 0 aliphatic heterocycles. The van der Waals surface area contributed by atoms with Crippen molar-refractivity contribution < 1.29 is 4.79 Å². The van der Waals surface area contributed by atoms with Crippen molar-refractivity contribution in [3.05, 3.63) is 40.6 Å². The van der Waals surface area contributed by atoms with E-state index in [9.17, 15) is 4.79 Å². The third kappa shape index (κ3) is 2.49. The zero-order valence-corrected chi connectivity index (χ0v) is 9.83. The summed E-state index contributed by atoms with van der Waals surface area (Å²) in [6, 6.07) is 3.66. The standard InChI is InChI=1S/C11H13N3OS/c1-14-7-2-3-9(14)11(15)13-5-4-10-12-6-8-16-10/h2-3,6-8H,4-5H2,1H3,(H,13,15). The first-order valence-electron chi connectivity index (χ1n) is 5.05. The molecule has 0 aliphatic rings. The Morgan fingerprint density at radius 3 is 3.12 bits per heavy atom. The number of carbonyl (C=O) groups excluding carboxylic acids is 1. The number of aromatic nitrogens is 2. The molecule has 0 bridgehead atoms. The molecule has 0 radical (unpaired) electrons. The fraction of sp³-hybridized carbons (Fsp3) is 0.273. The second kappa shape index (κ2) is 4.94. The second-order valence-corrected chi connectivity index (χ2v) is 4.42. The number of carbonyl (C=O) groups is 1. The summed E-state index contributed by atoms with van der Waals surface area (Å²) >= 11 is 1.61. The van der Waals surface area contributed by atoms with E-state index in [1.54, 1.807) is 28.2 Å². The molecule has 0 atom stereocenters. The van der Waals surface area contributed by atoms with Crippen LogP contribution >= 0.6 is 11.3 Å². The predicted molar refractivity (Wildman–Crippen MR) is 63.6 cm³/mol. The third-order valence-corrected chi connectivity index (χ3v) is 3.12. The smallest absolute Gasteiger partial charge is 0.267 e. The Morgan fingerprint density at radius 1 is 1.62 bits per heavy atom. The molecule has 2 aromatic heterocycles. The van der Waals surface area contributed by atoms with Crippen LogP contribution in [0.4, 0.5) is 0 Å². The zero-order valence-electron chi connectivity index (χ0n) is 9.01. The Labute approximate surface area is 97.9 Å². The van der Waals surface area contributed by atoms with Gasteiger partial charge in [-0.25, -0.2) is 4.98 Å². The van der Waals surface area contributed by atoms with E-state index in [-0.39, 0.29) is 5.91 Å². The van der Waals surface area contributed by atoms with Crippen molar-refractivity contribution in [3.63, 3.8) is 0 Å². The molecule has 5 heteroatoms. The molecule has 1 amide bonds. The third-order valence-electron chi connectivity index (χ3n) is 2.28. The number of amides is 1. The first kappa shape index (κ1) is 10.9. The summed E-state index contributed by atoms with van der Waals surface area (Å²) in [5, 5.41) is 5.86. The summed E-state index contributed by atoms with van der Waals surface area (Å²) in [5.74, 6) is -0.0379. The van der Waals surface area contributed by atoms with E-state index in [1.165, 1.54) is 0 Å². The van der Waals surface area contributed by atoms with Crippen LogP contribution in [-0.2, 0) is 13.5 Å². The lowest BCUT2D eigenvalue weighted by Gasteiger charge is -2.04. The van der Waals surface area contributed by atoms with Gasteiger partial charge in [-0.15, -0.1) is 11.3 Å². The lowest BCUT2D eigenvalue weighted by Crippen LogP contribution is -2.27. The van der Waals surface area contributed by atoms with Gasteiger partial charge >= 0.3 is 0 Å². The van der Waals surface area contributed by atoms with Gasteiger partial charge in [0.05, 0.1) is 5.01 Å². The van der Waals surface area contributed by atoms with Gasteiger partial charge in [-0.3, -0.25) is 4.79 Å². The van der Waals surface area contributed by atoms with E-state index in [4.69, 9.17) is 0 Å². The number of hydrogen-bond acceptors (Lipinski definition) is 3. The minimum Gasteiger partial charge on any atom is -0.350 e. The average molecular weight is 235 g/mol. The van der Waals surface area contributed by atoms with E-state index >= 15 is 0 Å². The van der Waals surface area contributed by atoms with E-state index in [1.807, 2.05) is 24.7 Å². The Balaban J connectivity index is 1.83. The van der Waals surface area contributed by atoms with Gasteiger partial charge in [0.15, 0.2) is 0 Å². The molecular weight excluding hydrogens is 222 g/mol. The van der Waals surface area contributed by atoms with Crippen LogP contribution in [0.5, 0.6) is 0 Å². The summed E-state index contributed by atoms with van der Waals surface area (Å²) < 4.78 is 1.80. The van der Waals surface area contributed by atoms with E-state index in [0.717, 1.165) is 11.4 Å². The van der Waals surface area contributed by atoms with Crippen LogP contribution in [0.1, 0.15) is 15.5 Å². The first-order chi connectivity index (χ1) is 7.77. The normalized spacial score (nSPS) is 10.3. The molecule has 0 spiro atoms. The van der Waals surface area contributed by atoms with Gasteiger partial charge in [0, 0.05) is 37.8 Å². The van der Waals surface area contributed by atoms with E-state index in [2.05, 4.69) is 10.3 Å². The quantitative estimate of drug-likeness (QED) is 0.872. The maximum atomic E-state index is 11.7. The SMILES string of the molecule is Cn1cccc1C(=O)NCCc1nccs1. The van der Waals surface area contributed by atoms with Crippen molar-refractivity contribution in [2.24, 2.45) is 7.05 Å². The average Bonchev–Trinajstić information content (AvgIpc) is 2.88. The molecule has 1 N–H and O–H groups in total. The number of hydrogen-bond donors (Lipinski definition) is 1. The molecule has 2 heterocycles. The molecule has 4 nitrogen and oxygen atoms in total. The molecule has 0 saturated heterocycles. The molecule has 84 valence electrons. The molecule has 2 aromatic rings. The molecule has 16 heavy (non-hydrogen) atoms. The highest BCUT2D eigenvalue weighted by Gasteiger charge is 2.07. The van der Waals surface area contributed by atoms with Crippen molar-refractivity contribution in [1.82, 2.24) is 14.9 Å². The van der Waals surface area contributed by atoms with Gasteiger partial charge in [0.1, 0.15) is 5.69 Å². The second-order valence-electron chi connectivity index (χ2n) is 3.44. The van der Waals surface area contributed by atoms with Crippen LogP contribution in [0.3, 0.4) is 0 Å². The van der Waals surface area contributed by atoms with Crippen LogP contribution in [0, 0.1) is 0 Å². The van der Waals surface area contributed by atoms with E-state index < -0.39 is 0 Å². The molecule has 0 fully saturated rings. The van der Waals surface area contributed by atoms with Gasteiger partial charge in [-0.2, -0.15) is 0 Å². The predicted octanol–water partition coefficient (Wildman–Crippen LogP) is 1.45.